The summed E-state index contributed by atoms with van der Waals surface area (Å²) >= 11 is 0. The average molecular weight is 229 g/mol. The average Bonchev–Trinajstić information content (AvgIpc) is 2.07. The van der Waals surface area contributed by atoms with Crippen LogP contribution in [0.5, 0.6) is 0 Å². The van der Waals surface area contributed by atoms with Crippen LogP contribution in [-0.2, 0) is 4.74 Å². The topological polar surface area (TPSA) is 58.6 Å². The standard InChI is InChI=1S/C12H23NO3/c1-10(14)8-6-5-7-9-13-11(15)16-12(2,3)4/h14H,1,5-9H2,2-4H3,(H,13,15). The van der Waals surface area contributed by atoms with Gasteiger partial charge >= 0.3 is 6.09 Å². The fourth-order valence-electron chi connectivity index (χ4n) is 1.14. The molecule has 0 heterocycles. The second-order valence-corrected chi connectivity index (χ2v) is 4.81. The molecule has 0 aromatic heterocycles. The molecule has 0 fully saturated rings. The van der Waals surface area contributed by atoms with Crippen molar-refractivity contribution in [3.63, 3.8) is 0 Å². The van der Waals surface area contributed by atoms with Gasteiger partial charge in [-0.15, -0.1) is 0 Å². The first kappa shape index (κ1) is 14.8. The molecule has 0 rings (SSSR count). The van der Waals surface area contributed by atoms with Crippen molar-refractivity contribution in [3.8, 4) is 0 Å². The molecule has 4 heteroatoms. The zero-order valence-corrected chi connectivity index (χ0v) is 10.5. The molecule has 4 nitrogen and oxygen atoms in total. The molecule has 2 N–H and O–H groups in total. The highest BCUT2D eigenvalue weighted by atomic mass is 16.6. The minimum Gasteiger partial charge on any atom is -0.513 e. The SMILES string of the molecule is C=C(O)CCCCCNC(=O)OC(C)(C)C. The molecule has 1 amide bonds. The Hall–Kier alpha value is -1.19. The minimum atomic E-state index is -0.446. The van der Waals surface area contributed by atoms with Gasteiger partial charge in [-0.1, -0.05) is 13.0 Å². The van der Waals surface area contributed by atoms with Gasteiger partial charge < -0.3 is 15.2 Å². The van der Waals surface area contributed by atoms with E-state index >= 15 is 0 Å². The molecular weight excluding hydrogens is 206 g/mol. The number of unbranched alkanes of at least 4 members (excludes halogenated alkanes) is 2. The van der Waals surface area contributed by atoms with Crippen molar-refractivity contribution in [2.45, 2.75) is 52.1 Å². The highest BCUT2D eigenvalue weighted by molar-refractivity contribution is 5.67. The van der Waals surface area contributed by atoms with E-state index in [1.165, 1.54) is 0 Å². The molecule has 0 aliphatic heterocycles. The summed E-state index contributed by atoms with van der Waals surface area (Å²) in [5.74, 6) is 0.222. The third kappa shape index (κ3) is 10.9. The van der Waals surface area contributed by atoms with Gasteiger partial charge in [-0.05, 0) is 33.6 Å². The Morgan fingerprint density at radius 1 is 1.31 bits per heavy atom. The van der Waals surface area contributed by atoms with Crippen LogP contribution in [0.1, 0.15) is 46.5 Å². The number of ether oxygens (including phenoxy) is 1. The predicted octanol–water partition coefficient (Wildman–Crippen LogP) is 3.14. The third-order valence-electron chi connectivity index (χ3n) is 1.81. The zero-order valence-electron chi connectivity index (χ0n) is 10.5. The number of aliphatic hydroxyl groups excluding tert-OH is 1. The lowest BCUT2D eigenvalue weighted by molar-refractivity contribution is 0.0527. The van der Waals surface area contributed by atoms with E-state index in [4.69, 9.17) is 9.84 Å². The summed E-state index contributed by atoms with van der Waals surface area (Å²) in [6.07, 6.45) is 2.98. The molecule has 0 atom stereocenters. The highest BCUT2D eigenvalue weighted by Gasteiger charge is 2.15. The molecule has 0 aromatic carbocycles. The van der Waals surface area contributed by atoms with Gasteiger partial charge in [0.15, 0.2) is 0 Å². The summed E-state index contributed by atoms with van der Waals surface area (Å²) in [5.41, 5.74) is -0.446. The van der Waals surface area contributed by atoms with E-state index in [-0.39, 0.29) is 11.9 Å². The second kappa shape index (κ2) is 7.14. The number of rotatable bonds is 6. The van der Waals surface area contributed by atoms with Crippen LogP contribution < -0.4 is 5.32 Å². The Morgan fingerprint density at radius 3 is 2.44 bits per heavy atom. The number of hydrogen-bond donors (Lipinski definition) is 2. The van der Waals surface area contributed by atoms with Crippen LogP contribution in [0.2, 0.25) is 0 Å². The largest absolute Gasteiger partial charge is 0.513 e. The predicted molar refractivity (Wildman–Crippen MR) is 64.5 cm³/mol. The van der Waals surface area contributed by atoms with Crippen LogP contribution in [0.3, 0.4) is 0 Å². The number of nitrogens with one attached hydrogen (secondary N) is 1. The molecule has 0 radical (unpaired) electrons. The molecule has 94 valence electrons. The number of amides is 1. The molecular formula is C12H23NO3. The van der Waals surface area contributed by atoms with E-state index in [9.17, 15) is 4.79 Å². The maximum Gasteiger partial charge on any atom is 0.407 e. The molecule has 0 aliphatic carbocycles. The van der Waals surface area contributed by atoms with Gasteiger partial charge in [-0.3, -0.25) is 0 Å². The Balaban J connectivity index is 3.38. The van der Waals surface area contributed by atoms with Crippen molar-refractivity contribution in [2.24, 2.45) is 0 Å². The van der Waals surface area contributed by atoms with Crippen molar-refractivity contribution in [1.82, 2.24) is 5.32 Å². The van der Waals surface area contributed by atoms with Crippen molar-refractivity contribution in [3.05, 3.63) is 12.3 Å². The maximum absolute atomic E-state index is 11.2. The van der Waals surface area contributed by atoms with E-state index in [1.807, 2.05) is 20.8 Å². The number of allylic oxidation sites excluding steroid dienone is 1. The molecule has 0 aromatic rings. The van der Waals surface area contributed by atoms with Gasteiger partial charge in [0.05, 0.1) is 5.76 Å². The number of carbonyl (C=O) groups excluding carboxylic acids is 1. The molecule has 0 spiro atoms. The van der Waals surface area contributed by atoms with Gasteiger partial charge in [0.1, 0.15) is 5.60 Å². The summed E-state index contributed by atoms with van der Waals surface area (Å²) in [6.45, 7) is 9.51. The maximum atomic E-state index is 11.2. The first-order valence-electron chi connectivity index (χ1n) is 5.65. The summed E-state index contributed by atoms with van der Waals surface area (Å²) in [6, 6.07) is 0. The molecule has 0 bridgehead atoms. The summed E-state index contributed by atoms with van der Waals surface area (Å²) in [5, 5.41) is 11.5. The fourth-order valence-corrected chi connectivity index (χ4v) is 1.14. The summed E-state index contributed by atoms with van der Waals surface area (Å²) < 4.78 is 5.08. The normalized spacial score (nSPS) is 10.9. The zero-order chi connectivity index (χ0) is 12.6. The Labute approximate surface area is 97.7 Å². The smallest absolute Gasteiger partial charge is 0.407 e. The number of aliphatic hydroxyl groups is 1. The van der Waals surface area contributed by atoms with Gasteiger partial charge in [-0.25, -0.2) is 4.79 Å². The molecule has 0 saturated heterocycles. The van der Waals surface area contributed by atoms with Gasteiger partial charge in [-0.2, -0.15) is 0 Å². The van der Waals surface area contributed by atoms with Crippen molar-refractivity contribution >= 4 is 6.09 Å². The van der Waals surface area contributed by atoms with E-state index in [0.717, 1.165) is 19.3 Å². The van der Waals surface area contributed by atoms with Gasteiger partial charge in [0.25, 0.3) is 0 Å². The number of hydrogen-bond acceptors (Lipinski definition) is 3. The number of carbonyl (C=O) groups is 1. The van der Waals surface area contributed by atoms with E-state index in [0.29, 0.717) is 13.0 Å². The summed E-state index contributed by atoms with van der Waals surface area (Å²) in [7, 11) is 0. The van der Waals surface area contributed by atoms with Crippen LogP contribution in [0.15, 0.2) is 12.3 Å². The lowest BCUT2D eigenvalue weighted by Gasteiger charge is -2.19. The number of alkyl carbamates (subject to hydrolysis) is 1. The quantitative estimate of drug-likeness (QED) is 0.543. The lowest BCUT2D eigenvalue weighted by atomic mass is 10.2. The van der Waals surface area contributed by atoms with Crippen molar-refractivity contribution in [1.29, 1.82) is 0 Å². The monoisotopic (exact) mass is 229 g/mol. The highest BCUT2D eigenvalue weighted by Crippen LogP contribution is 2.07. The minimum absolute atomic E-state index is 0.222. The molecule has 0 unspecified atom stereocenters. The van der Waals surface area contributed by atoms with E-state index in [2.05, 4.69) is 11.9 Å². The van der Waals surface area contributed by atoms with Gasteiger partial charge in [0, 0.05) is 13.0 Å². The van der Waals surface area contributed by atoms with E-state index in [1.54, 1.807) is 0 Å². The third-order valence-corrected chi connectivity index (χ3v) is 1.81. The fraction of sp³-hybridized carbons (Fsp3) is 0.750. The Morgan fingerprint density at radius 2 is 1.94 bits per heavy atom. The van der Waals surface area contributed by atoms with Crippen LogP contribution >= 0.6 is 0 Å². The molecule has 0 saturated carbocycles. The second-order valence-electron chi connectivity index (χ2n) is 4.81. The molecule has 16 heavy (non-hydrogen) atoms. The van der Waals surface area contributed by atoms with E-state index < -0.39 is 5.60 Å². The van der Waals surface area contributed by atoms with Gasteiger partial charge in [0.2, 0.25) is 0 Å². The van der Waals surface area contributed by atoms with Crippen molar-refractivity contribution in [2.75, 3.05) is 6.54 Å². The van der Waals surface area contributed by atoms with Crippen LogP contribution in [-0.4, -0.2) is 23.3 Å². The molecule has 0 aliphatic rings. The van der Waals surface area contributed by atoms with Crippen molar-refractivity contribution < 1.29 is 14.6 Å². The first-order chi connectivity index (χ1) is 7.31. The van der Waals surface area contributed by atoms with Crippen LogP contribution in [0, 0.1) is 0 Å². The summed E-state index contributed by atoms with van der Waals surface area (Å²) in [4.78, 5) is 11.2. The van der Waals surface area contributed by atoms with Crippen LogP contribution in [0.25, 0.3) is 0 Å². The Bertz CT molecular complexity index is 231. The van der Waals surface area contributed by atoms with Crippen LogP contribution in [0.4, 0.5) is 4.79 Å². The Kier molecular flexibility index (Phi) is 6.61. The lowest BCUT2D eigenvalue weighted by Crippen LogP contribution is -2.32. The first-order valence-corrected chi connectivity index (χ1v) is 5.65.